The predicted molar refractivity (Wildman–Crippen MR) is 76.4 cm³/mol. The van der Waals surface area contributed by atoms with Gasteiger partial charge in [-0.05, 0) is 50.6 Å². The molecule has 1 aromatic carbocycles. The summed E-state index contributed by atoms with van der Waals surface area (Å²) in [6, 6.07) is 8.13. The SMILES string of the molecule is C[C@@H](NC(=O)CN1CCCC1)c1ccc(Br)cc1. The first-order valence-corrected chi connectivity index (χ1v) is 7.21. The third-order valence-electron chi connectivity index (χ3n) is 3.31. The lowest BCUT2D eigenvalue weighted by Crippen LogP contribution is -2.36. The average molecular weight is 311 g/mol. The summed E-state index contributed by atoms with van der Waals surface area (Å²) in [5.74, 6) is 0.118. The van der Waals surface area contributed by atoms with Gasteiger partial charge in [0.1, 0.15) is 0 Å². The molecule has 0 bridgehead atoms. The molecule has 0 saturated carbocycles. The van der Waals surface area contributed by atoms with Gasteiger partial charge in [-0.25, -0.2) is 0 Å². The van der Waals surface area contributed by atoms with Gasteiger partial charge in [0.15, 0.2) is 0 Å². The van der Waals surface area contributed by atoms with E-state index in [2.05, 4.69) is 26.1 Å². The molecule has 2 rings (SSSR count). The zero-order valence-electron chi connectivity index (χ0n) is 10.7. The van der Waals surface area contributed by atoms with E-state index in [9.17, 15) is 4.79 Å². The lowest BCUT2D eigenvalue weighted by molar-refractivity contribution is -0.122. The number of halogens is 1. The van der Waals surface area contributed by atoms with Crippen molar-refractivity contribution in [3.63, 3.8) is 0 Å². The fourth-order valence-electron chi connectivity index (χ4n) is 2.27. The normalized spacial score (nSPS) is 17.7. The van der Waals surface area contributed by atoms with Gasteiger partial charge in [0, 0.05) is 4.47 Å². The number of rotatable bonds is 4. The predicted octanol–water partition coefficient (Wildman–Crippen LogP) is 2.72. The molecular weight excluding hydrogens is 292 g/mol. The van der Waals surface area contributed by atoms with Crippen LogP contribution in [0.3, 0.4) is 0 Å². The van der Waals surface area contributed by atoms with Crippen LogP contribution in [0.15, 0.2) is 28.7 Å². The Hall–Kier alpha value is -0.870. The molecule has 1 fully saturated rings. The Labute approximate surface area is 117 Å². The lowest BCUT2D eigenvalue weighted by atomic mass is 10.1. The summed E-state index contributed by atoms with van der Waals surface area (Å²) < 4.78 is 1.06. The van der Waals surface area contributed by atoms with E-state index in [0.717, 1.165) is 23.1 Å². The number of carbonyl (C=O) groups is 1. The molecule has 18 heavy (non-hydrogen) atoms. The quantitative estimate of drug-likeness (QED) is 0.927. The molecule has 1 heterocycles. The summed E-state index contributed by atoms with van der Waals surface area (Å²) in [6.07, 6.45) is 2.44. The Balaban J connectivity index is 1.84. The van der Waals surface area contributed by atoms with Gasteiger partial charge in [0.25, 0.3) is 0 Å². The molecule has 3 nitrogen and oxygen atoms in total. The van der Waals surface area contributed by atoms with Crippen molar-refractivity contribution < 1.29 is 4.79 Å². The fraction of sp³-hybridized carbons (Fsp3) is 0.500. The van der Waals surface area contributed by atoms with Crippen molar-refractivity contribution in [1.82, 2.24) is 10.2 Å². The lowest BCUT2D eigenvalue weighted by Gasteiger charge is -2.18. The molecule has 1 amide bonds. The average Bonchev–Trinajstić information content (AvgIpc) is 2.82. The van der Waals surface area contributed by atoms with Crippen molar-refractivity contribution in [1.29, 1.82) is 0 Å². The van der Waals surface area contributed by atoms with Gasteiger partial charge >= 0.3 is 0 Å². The Morgan fingerprint density at radius 3 is 2.56 bits per heavy atom. The molecule has 0 aliphatic carbocycles. The van der Waals surface area contributed by atoms with Crippen molar-refractivity contribution in [3.8, 4) is 0 Å². The topological polar surface area (TPSA) is 32.3 Å². The number of likely N-dealkylation sites (tertiary alicyclic amines) is 1. The molecule has 4 heteroatoms. The minimum absolute atomic E-state index is 0.0632. The maximum absolute atomic E-state index is 11.9. The molecule has 98 valence electrons. The van der Waals surface area contributed by atoms with Gasteiger partial charge in [-0.15, -0.1) is 0 Å². The van der Waals surface area contributed by atoms with E-state index in [1.807, 2.05) is 31.2 Å². The van der Waals surface area contributed by atoms with Gasteiger partial charge in [-0.1, -0.05) is 28.1 Å². The zero-order chi connectivity index (χ0) is 13.0. The second kappa shape index (κ2) is 6.34. The molecule has 0 radical (unpaired) electrons. The van der Waals surface area contributed by atoms with Crippen LogP contribution < -0.4 is 5.32 Å². The Kier molecular flexibility index (Phi) is 4.78. The van der Waals surface area contributed by atoms with Crippen LogP contribution >= 0.6 is 15.9 Å². The summed E-state index contributed by atoms with van der Waals surface area (Å²) >= 11 is 3.41. The van der Waals surface area contributed by atoms with E-state index in [4.69, 9.17) is 0 Å². The number of hydrogen-bond donors (Lipinski definition) is 1. The zero-order valence-corrected chi connectivity index (χ0v) is 12.2. The highest BCUT2D eigenvalue weighted by molar-refractivity contribution is 9.10. The van der Waals surface area contributed by atoms with Crippen molar-refractivity contribution >= 4 is 21.8 Å². The van der Waals surface area contributed by atoms with Crippen molar-refractivity contribution in [2.75, 3.05) is 19.6 Å². The Bertz CT molecular complexity index is 399. The van der Waals surface area contributed by atoms with E-state index in [1.54, 1.807) is 0 Å². The fourth-order valence-corrected chi connectivity index (χ4v) is 2.53. The minimum Gasteiger partial charge on any atom is -0.348 e. The van der Waals surface area contributed by atoms with Crippen molar-refractivity contribution in [3.05, 3.63) is 34.3 Å². The van der Waals surface area contributed by atoms with Crippen LogP contribution in [0.4, 0.5) is 0 Å². The molecule has 1 saturated heterocycles. The number of nitrogens with zero attached hydrogens (tertiary/aromatic N) is 1. The number of amides is 1. The van der Waals surface area contributed by atoms with Gasteiger partial charge in [0.2, 0.25) is 5.91 Å². The molecule has 1 N–H and O–H groups in total. The third kappa shape index (κ3) is 3.82. The minimum atomic E-state index is 0.0632. The van der Waals surface area contributed by atoms with Gasteiger partial charge in [-0.2, -0.15) is 0 Å². The van der Waals surface area contributed by atoms with E-state index < -0.39 is 0 Å². The van der Waals surface area contributed by atoms with E-state index in [0.29, 0.717) is 6.54 Å². The second-order valence-corrected chi connectivity index (χ2v) is 5.74. The van der Waals surface area contributed by atoms with Gasteiger partial charge in [0.05, 0.1) is 12.6 Å². The summed E-state index contributed by atoms with van der Waals surface area (Å²) in [5.41, 5.74) is 1.13. The van der Waals surface area contributed by atoms with E-state index in [1.165, 1.54) is 12.8 Å². The van der Waals surface area contributed by atoms with Crippen molar-refractivity contribution in [2.45, 2.75) is 25.8 Å². The van der Waals surface area contributed by atoms with Crippen LogP contribution in [-0.4, -0.2) is 30.4 Å². The third-order valence-corrected chi connectivity index (χ3v) is 3.84. The number of hydrogen-bond acceptors (Lipinski definition) is 2. The molecule has 1 aliphatic heterocycles. The van der Waals surface area contributed by atoms with Crippen LogP contribution in [0.1, 0.15) is 31.4 Å². The first-order valence-electron chi connectivity index (χ1n) is 6.42. The largest absolute Gasteiger partial charge is 0.348 e. The van der Waals surface area contributed by atoms with Crippen LogP contribution in [0, 0.1) is 0 Å². The molecule has 0 aromatic heterocycles. The van der Waals surface area contributed by atoms with Gasteiger partial charge < -0.3 is 5.32 Å². The number of nitrogens with one attached hydrogen (secondary N) is 1. The molecule has 1 aromatic rings. The highest BCUT2D eigenvalue weighted by atomic mass is 79.9. The molecule has 0 unspecified atom stereocenters. The summed E-state index contributed by atoms with van der Waals surface area (Å²) in [6.45, 7) is 4.66. The Morgan fingerprint density at radius 1 is 1.33 bits per heavy atom. The maximum atomic E-state index is 11.9. The van der Waals surface area contributed by atoms with Gasteiger partial charge in [-0.3, -0.25) is 9.69 Å². The number of carbonyl (C=O) groups excluding carboxylic acids is 1. The van der Waals surface area contributed by atoms with Crippen LogP contribution in [0.25, 0.3) is 0 Å². The highest BCUT2D eigenvalue weighted by Gasteiger charge is 2.16. The van der Waals surface area contributed by atoms with Crippen LogP contribution in [-0.2, 0) is 4.79 Å². The smallest absolute Gasteiger partial charge is 0.234 e. The second-order valence-electron chi connectivity index (χ2n) is 4.82. The Morgan fingerprint density at radius 2 is 1.94 bits per heavy atom. The van der Waals surface area contributed by atoms with Crippen LogP contribution in [0.5, 0.6) is 0 Å². The first-order chi connectivity index (χ1) is 8.65. The van der Waals surface area contributed by atoms with Crippen molar-refractivity contribution in [2.24, 2.45) is 0 Å². The monoisotopic (exact) mass is 310 g/mol. The highest BCUT2D eigenvalue weighted by Crippen LogP contribution is 2.16. The van der Waals surface area contributed by atoms with Crippen LogP contribution in [0.2, 0.25) is 0 Å². The van der Waals surface area contributed by atoms with E-state index in [-0.39, 0.29) is 11.9 Å². The molecule has 0 spiro atoms. The molecule has 1 atom stereocenters. The number of benzene rings is 1. The first kappa shape index (κ1) is 13.6. The summed E-state index contributed by atoms with van der Waals surface area (Å²) in [5, 5.41) is 3.05. The summed E-state index contributed by atoms with van der Waals surface area (Å²) in [7, 11) is 0. The maximum Gasteiger partial charge on any atom is 0.234 e. The van der Waals surface area contributed by atoms with E-state index >= 15 is 0 Å². The summed E-state index contributed by atoms with van der Waals surface area (Å²) in [4.78, 5) is 14.1. The standard InChI is InChI=1S/C14H19BrN2O/c1-11(12-4-6-13(15)7-5-12)16-14(18)10-17-8-2-3-9-17/h4-7,11H,2-3,8-10H2,1H3,(H,16,18)/t11-/m1/s1. The molecular formula is C14H19BrN2O. The molecule has 1 aliphatic rings.